The molecule has 5 rings (SSSR count). The smallest absolute Gasteiger partial charge is 0.309 e. The summed E-state index contributed by atoms with van der Waals surface area (Å²) in [7, 11) is 0. The highest BCUT2D eigenvalue weighted by Crippen LogP contribution is 2.46. The van der Waals surface area contributed by atoms with Crippen molar-refractivity contribution in [1.82, 2.24) is 4.90 Å². The number of ether oxygens (including phenoxy) is 4. The molecule has 2 heterocycles. The van der Waals surface area contributed by atoms with E-state index in [0.29, 0.717) is 18.9 Å². The lowest BCUT2D eigenvalue weighted by molar-refractivity contribution is -0.169. The van der Waals surface area contributed by atoms with E-state index >= 15 is 0 Å². The first-order chi connectivity index (χ1) is 29.4. The van der Waals surface area contributed by atoms with Gasteiger partial charge in [0, 0.05) is 18.9 Å². The van der Waals surface area contributed by atoms with E-state index in [9.17, 15) is 14.4 Å². The molecule has 7 atom stereocenters. The summed E-state index contributed by atoms with van der Waals surface area (Å²) in [5, 5.41) is 0. The first-order valence-corrected chi connectivity index (χ1v) is 26.4. The molecular formula is C52H91NO7. The van der Waals surface area contributed by atoms with Gasteiger partial charge >= 0.3 is 17.9 Å². The Bertz CT molecular complexity index is 1180. The first kappa shape index (κ1) is 49.3. The third kappa shape index (κ3) is 19.8. The van der Waals surface area contributed by atoms with Gasteiger partial charge in [-0.05, 0) is 88.1 Å². The predicted octanol–water partition coefficient (Wildman–Crippen LogP) is 12.9. The number of piperidine rings is 1. The molecule has 0 N–H and O–H groups in total. The highest BCUT2D eigenvalue weighted by molar-refractivity contribution is 5.73. The summed E-state index contributed by atoms with van der Waals surface area (Å²) >= 11 is 0. The van der Waals surface area contributed by atoms with E-state index in [-0.39, 0.29) is 37.0 Å². The fraction of sp³-hybridized carbons (Fsp3) is 0.942. The van der Waals surface area contributed by atoms with E-state index in [1.807, 2.05) is 0 Å². The van der Waals surface area contributed by atoms with Crippen LogP contribution in [0.15, 0.2) is 0 Å². The van der Waals surface area contributed by atoms with Crippen LogP contribution in [0.3, 0.4) is 0 Å². The van der Waals surface area contributed by atoms with Gasteiger partial charge in [-0.1, -0.05) is 168 Å². The van der Waals surface area contributed by atoms with Crippen LogP contribution in [0.1, 0.15) is 232 Å². The maximum absolute atomic E-state index is 13.2. The summed E-state index contributed by atoms with van der Waals surface area (Å²) in [5.74, 6) is 3.07. The number of carbonyl (C=O) groups is 3. The molecule has 3 saturated carbocycles. The highest BCUT2D eigenvalue weighted by atomic mass is 16.6. The summed E-state index contributed by atoms with van der Waals surface area (Å²) in [6.07, 6.45) is 39.1. The van der Waals surface area contributed by atoms with Gasteiger partial charge in [0.15, 0.2) is 12.2 Å². The Hall–Kier alpha value is -1.67. The number of carbonyl (C=O) groups excluding carboxylic acids is 3. The van der Waals surface area contributed by atoms with Gasteiger partial charge in [-0.15, -0.1) is 0 Å². The minimum Gasteiger partial charge on any atom is -0.463 e. The highest BCUT2D eigenvalue weighted by Gasteiger charge is 2.44. The SMILES string of the molecule is CCCCCCCCC1CC1CCCCCCCC(=O)OC1CO[C@H](COC(=O)C2CCN(C3CC3)CC2)C1OC(=O)CCCCCCCC1CC1CCCCCCCC. The molecule has 0 aromatic carbocycles. The zero-order valence-electron chi connectivity index (χ0n) is 38.9. The normalized spacial score (nSPS) is 26.6. The lowest BCUT2D eigenvalue weighted by Crippen LogP contribution is -2.41. The van der Waals surface area contributed by atoms with Gasteiger partial charge in [-0.25, -0.2) is 0 Å². The Morgan fingerprint density at radius 1 is 0.533 bits per heavy atom. The third-order valence-electron chi connectivity index (χ3n) is 15.0. The van der Waals surface area contributed by atoms with Gasteiger partial charge in [0.25, 0.3) is 0 Å². The van der Waals surface area contributed by atoms with Crippen molar-refractivity contribution in [2.24, 2.45) is 29.6 Å². The maximum Gasteiger partial charge on any atom is 0.309 e. The summed E-state index contributed by atoms with van der Waals surface area (Å²) in [5.41, 5.74) is 0. The molecule has 2 saturated heterocycles. The number of nitrogens with zero attached hydrogens (tertiary/aromatic N) is 1. The van der Waals surface area contributed by atoms with Crippen molar-refractivity contribution in [2.45, 2.75) is 257 Å². The topological polar surface area (TPSA) is 91.4 Å². The Morgan fingerprint density at radius 3 is 1.43 bits per heavy atom. The van der Waals surface area contributed by atoms with Gasteiger partial charge in [0.05, 0.1) is 12.5 Å². The van der Waals surface area contributed by atoms with Crippen LogP contribution < -0.4 is 0 Å². The summed E-state index contributed by atoms with van der Waals surface area (Å²) in [6, 6.07) is 0.716. The van der Waals surface area contributed by atoms with Gasteiger partial charge in [0.2, 0.25) is 0 Å². The number of hydrogen-bond acceptors (Lipinski definition) is 8. The molecule has 8 heteroatoms. The summed E-state index contributed by atoms with van der Waals surface area (Å²) < 4.78 is 23.7. The van der Waals surface area contributed by atoms with E-state index < -0.39 is 18.3 Å². The Morgan fingerprint density at radius 2 is 0.967 bits per heavy atom. The van der Waals surface area contributed by atoms with Crippen molar-refractivity contribution in [3.63, 3.8) is 0 Å². The largest absolute Gasteiger partial charge is 0.463 e. The van der Waals surface area contributed by atoms with E-state index in [4.69, 9.17) is 18.9 Å². The van der Waals surface area contributed by atoms with Crippen molar-refractivity contribution in [3.05, 3.63) is 0 Å². The number of hydrogen-bond donors (Lipinski definition) is 0. The van der Waals surface area contributed by atoms with Crippen molar-refractivity contribution in [1.29, 1.82) is 0 Å². The van der Waals surface area contributed by atoms with Gasteiger partial charge in [-0.2, -0.15) is 0 Å². The molecule has 0 aromatic heterocycles. The second-order valence-electron chi connectivity index (χ2n) is 20.3. The Kier molecular flexibility index (Phi) is 23.8. The maximum atomic E-state index is 13.2. The zero-order valence-corrected chi connectivity index (χ0v) is 38.9. The molecule has 0 aromatic rings. The average molecular weight is 842 g/mol. The van der Waals surface area contributed by atoms with Crippen molar-refractivity contribution in [3.8, 4) is 0 Å². The fourth-order valence-corrected chi connectivity index (χ4v) is 10.5. The van der Waals surface area contributed by atoms with Crippen LogP contribution in [0.5, 0.6) is 0 Å². The van der Waals surface area contributed by atoms with Crippen LogP contribution in [0.25, 0.3) is 0 Å². The number of esters is 3. The minimum atomic E-state index is -0.763. The molecule has 346 valence electrons. The van der Waals surface area contributed by atoms with E-state index in [2.05, 4.69) is 18.7 Å². The van der Waals surface area contributed by atoms with E-state index in [1.165, 1.54) is 154 Å². The summed E-state index contributed by atoms with van der Waals surface area (Å²) in [4.78, 5) is 41.7. The molecule has 0 bridgehead atoms. The molecule has 6 unspecified atom stereocenters. The van der Waals surface area contributed by atoms with Crippen LogP contribution in [0.4, 0.5) is 0 Å². The van der Waals surface area contributed by atoms with Crippen molar-refractivity contribution in [2.75, 3.05) is 26.3 Å². The molecule has 2 aliphatic heterocycles. The molecule has 5 fully saturated rings. The molecule has 5 aliphatic rings. The third-order valence-corrected chi connectivity index (χ3v) is 15.0. The lowest BCUT2D eigenvalue weighted by atomic mass is 9.97. The molecule has 3 aliphatic carbocycles. The van der Waals surface area contributed by atoms with E-state index in [1.54, 1.807) is 0 Å². The van der Waals surface area contributed by atoms with Crippen LogP contribution >= 0.6 is 0 Å². The van der Waals surface area contributed by atoms with Gasteiger partial charge < -0.3 is 23.8 Å². The fourth-order valence-electron chi connectivity index (χ4n) is 10.5. The quantitative estimate of drug-likeness (QED) is 0.0350. The molecule has 0 radical (unpaired) electrons. The molecule has 60 heavy (non-hydrogen) atoms. The second kappa shape index (κ2) is 28.9. The first-order valence-electron chi connectivity index (χ1n) is 26.4. The molecule has 0 spiro atoms. The van der Waals surface area contributed by atoms with Crippen LogP contribution in [0.2, 0.25) is 0 Å². The molecular weight excluding hydrogens is 751 g/mol. The lowest BCUT2D eigenvalue weighted by Gasteiger charge is -2.31. The number of likely N-dealkylation sites (tertiary alicyclic amines) is 1. The monoisotopic (exact) mass is 842 g/mol. The van der Waals surface area contributed by atoms with Crippen molar-refractivity contribution >= 4 is 17.9 Å². The summed E-state index contributed by atoms with van der Waals surface area (Å²) in [6.45, 7) is 6.62. The van der Waals surface area contributed by atoms with E-state index in [0.717, 1.165) is 88.1 Å². The van der Waals surface area contributed by atoms with Crippen molar-refractivity contribution < 1.29 is 33.3 Å². The molecule has 0 amide bonds. The second-order valence-corrected chi connectivity index (χ2v) is 20.3. The minimum absolute atomic E-state index is 0.00906. The van der Waals surface area contributed by atoms with Crippen LogP contribution in [-0.2, 0) is 33.3 Å². The predicted molar refractivity (Wildman–Crippen MR) is 242 cm³/mol. The zero-order chi connectivity index (χ0) is 42.2. The number of rotatable bonds is 36. The Balaban J connectivity index is 0.928. The average Bonchev–Trinajstić information content (AvgIpc) is 4.18. The van der Waals surface area contributed by atoms with Gasteiger partial charge in [0.1, 0.15) is 12.7 Å². The molecule has 8 nitrogen and oxygen atoms in total. The van der Waals surface area contributed by atoms with Gasteiger partial charge in [-0.3, -0.25) is 14.4 Å². The standard InChI is InChI=1S/C52H91NO7/c1-3-5-7-9-13-19-25-42-37-44(42)27-21-15-11-17-23-29-49(54)59-48-40-57-47(39-58-52(56)41-33-35-53(36-34-41)46-31-32-46)51(48)60-50(55)30-24-18-12-16-22-28-45-38-43(45)26-20-14-10-8-6-4-2/h41-48,51H,3-40H2,1-2H3/t42?,43?,44?,45?,47-,48?,51?/m1/s1. The Labute approximate surface area is 367 Å². The van der Waals surface area contributed by atoms with Crippen LogP contribution in [-0.4, -0.2) is 73.5 Å². The number of unbranched alkanes of at least 4 members (excludes halogenated alkanes) is 18. The van der Waals surface area contributed by atoms with Crippen LogP contribution in [0, 0.1) is 29.6 Å².